The standard InChI is InChI=1S/C20H19ClN4O3/c21-17-8-15(9-18-20(17)28-6-2-5-27-18)10-19(26)24-16-4-1-3-14(7-16)11-25-13-22-12-23-25/h1,3-4,7-9,12-13H,2,5-6,10-11H2,(H,24,26). The first-order valence-electron chi connectivity index (χ1n) is 8.96. The number of hydrogen-bond donors (Lipinski definition) is 1. The van der Waals surface area contributed by atoms with Gasteiger partial charge in [-0.3, -0.25) is 4.79 Å². The Kier molecular flexibility index (Phi) is 5.43. The van der Waals surface area contributed by atoms with E-state index in [9.17, 15) is 4.79 Å². The van der Waals surface area contributed by atoms with Crippen LogP contribution in [-0.4, -0.2) is 33.9 Å². The Bertz CT molecular complexity index is 976. The smallest absolute Gasteiger partial charge is 0.228 e. The molecule has 0 spiro atoms. The molecule has 0 unspecified atom stereocenters. The molecule has 0 radical (unpaired) electrons. The van der Waals surface area contributed by atoms with Crippen LogP contribution >= 0.6 is 11.6 Å². The molecule has 0 atom stereocenters. The van der Waals surface area contributed by atoms with Crippen LogP contribution in [0, 0.1) is 0 Å². The maximum Gasteiger partial charge on any atom is 0.228 e. The Labute approximate surface area is 167 Å². The van der Waals surface area contributed by atoms with Crippen molar-refractivity contribution < 1.29 is 14.3 Å². The van der Waals surface area contributed by atoms with Gasteiger partial charge in [-0.15, -0.1) is 0 Å². The fourth-order valence-electron chi connectivity index (χ4n) is 3.03. The predicted molar refractivity (Wildman–Crippen MR) is 105 cm³/mol. The molecule has 28 heavy (non-hydrogen) atoms. The molecule has 0 saturated carbocycles. The Hall–Kier alpha value is -3.06. The normalized spacial score (nSPS) is 13.0. The molecule has 0 aliphatic carbocycles. The number of hydrogen-bond acceptors (Lipinski definition) is 5. The zero-order valence-corrected chi connectivity index (χ0v) is 15.9. The first kappa shape index (κ1) is 18.3. The van der Waals surface area contributed by atoms with Gasteiger partial charge >= 0.3 is 0 Å². The number of ether oxygens (including phenoxy) is 2. The number of fused-ring (bicyclic) bond motifs is 1. The number of aromatic nitrogens is 3. The van der Waals surface area contributed by atoms with E-state index in [0.29, 0.717) is 36.3 Å². The molecule has 1 N–H and O–H groups in total. The Morgan fingerprint density at radius 1 is 1.18 bits per heavy atom. The molecule has 3 aromatic rings. The minimum Gasteiger partial charge on any atom is -0.489 e. The molecule has 2 aromatic carbocycles. The lowest BCUT2D eigenvalue weighted by Gasteiger charge is -2.12. The number of carbonyl (C=O) groups excluding carboxylic acids is 1. The Morgan fingerprint density at radius 2 is 2.07 bits per heavy atom. The van der Waals surface area contributed by atoms with Gasteiger partial charge in [0, 0.05) is 12.1 Å². The molecule has 144 valence electrons. The summed E-state index contributed by atoms with van der Waals surface area (Å²) in [5, 5.41) is 7.47. The Morgan fingerprint density at radius 3 is 2.93 bits per heavy atom. The van der Waals surface area contributed by atoms with Crippen molar-refractivity contribution in [1.29, 1.82) is 0 Å². The molecule has 1 amide bonds. The lowest BCUT2D eigenvalue weighted by atomic mass is 10.1. The largest absolute Gasteiger partial charge is 0.489 e. The number of benzene rings is 2. The summed E-state index contributed by atoms with van der Waals surface area (Å²) in [4.78, 5) is 16.4. The summed E-state index contributed by atoms with van der Waals surface area (Å²) >= 11 is 6.30. The van der Waals surface area contributed by atoms with Crippen molar-refractivity contribution >= 4 is 23.2 Å². The first-order chi connectivity index (χ1) is 13.7. The first-order valence-corrected chi connectivity index (χ1v) is 9.34. The third kappa shape index (κ3) is 4.43. The number of amides is 1. The zero-order valence-electron chi connectivity index (χ0n) is 15.1. The van der Waals surface area contributed by atoms with Gasteiger partial charge in [0.25, 0.3) is 0 Å². The van der Waals surface area contributed by atoms with Gasteiger partial charge in [-0.25, -0.2) is 9.67 Å². The molecule has 1 aliphatic rings. The minimum absolute atomic E-state index is 0.136. The van der Waals surface area contributed by atoms with Crippen LogP contribution in [-0.2, 0) is 17.8 Å². The van der Waals surface area contributed by atoms with Gasteiger partial charge in [-0.1, -0.05) is 23.7 Å². The van der Waals surface area contributed by atoms with Crippen LogP contribution < -0.4 is 14.8 Å². The molecule has 1 aromatic heterocycles. The molecule has 0 bridgehead atoms. The van der Waals surface area contributed by atoms with Gasteiger partial charge < -0.3 is 14.8 Å². The van der Waals surface area contributed by atoms with E-state index in [1.54, 1.807) is 17.1 Å². The van der Waals surface area contributed by atoms with Crippen LogP contribution in [0.4, 0.5) is 5.69 Å². The van der Waals surface area contributed by atoms with E-state index in [4.69, 9.17) is 21.1 Å². The highest BCUT2D eigenvalue weighted by Gasteiger charge is 2.17. The summed E-state index contributed by atoms with van der Waals surface area (Å²) in [6.07, 6.45) is 4.13. The van der Waals surface area contributed by atoms with Crippen molar-refractivity contribution in [3.05, 3.63) is 65.2 Å². The number of carbonyl (C=O) groups is 1. The maximum atomic E-state index is 12.5. The molecule has 8 heteroatoms. The summed E-state index contributed by atoms with van der Waals surface area (Å²) < 4.78 is 13.0. The number of halogens is 1. The number of nitrogens with zero attached hydrogens (tertiary/aromatic N) is 3. The van der Waals surface area contributed by atoms with Crippen LogP contribution in [0.25, 0.3) is 0 Å². The van der Waals surface area contributed by atoms with E-state index in [-0.39, 0.29) is 12.3 Å². The SMILES string of the molecule is O=C(Cc1cc(Cl)c2c(c1)OCCCO2)Nc1cccc(Cn2cncn2)c1. The topological polar surface area (TPSA) is 78.3 Å². The highest BCUT2D eigenvalue weighted by molar-refractivity contribution is 6.32. The van der Waals surface area contributed by atoms with Crippen molar-refractivity contribution in [3.63, 3.8) is 0 Å². The van der Waals surface area contributed by atoms with Gasteiger partial charge in [0.15, 0.2) is 11.5 Å². The van der Waals surface area contributed by atoms with E-state index in [0.717, 1.165) is 23.2 Å². The van der Waals surface area contributed by atoms with Crippen LogP contribution in [0.3, 0.4) is 0 Å². The Balaban J connectivity index is 1.43. The molecule has 4 rings (SSSR count). The fraction of sp³-hybridized carbons (Fsp3) is 0.250. The van der Waals surface area contributed by atoms with Gasteiger partial charge in [0.2, 0.25) is 5.91 Å². The summed E-state index contributed by atoms with van der Waals surface area (Å²) in [7, 11) is 0. The summed E-state index contributed by atoms with van der Waals surface area (Å²) in [5.74, 6) is 0.996. The van der Waals surface area contributed by atoms with Crippen molar-refractivity contribution in [1.82, 2.24) is 14.8 Å². The lowest BCUT2D eigenvalue weighted by molar-refractivity contribution is -0.115. The lowest BCUT2D eigenvalue weighted by Crippen LogP contribution is -2.15. The van der Waals surface area contributed by atoms with E-state index < -0.39 is 0 Å². The second-order valence-electron chi connectivity index (χ2n) is 6.47. The highest BCUT2D eigenvalue weighted by atomic mass is 35.5. The third-order valence-corrected chi connectivity index (χ3v) is 4.53. The quantitative estimate of drug-likeness (QED) is 0.713. The van der Waals surface area contributed by atoms with Crippen LogP contribution in [0.15, 0.2) is 49.1 Å². The molecular weight excluding hydrogens is 380 g/mol. The van der Waals surface area contributed by atoms with Gasteiger partial charge in [-0.05, 0) is 35.4 Å². The second kappa shape index (κ2) is 8.31. The number of anilines is 1. The van der Waals surface area contributed by atoms with E-state index in [2.05, 4.69) is 15.4 Å². The van der Waals surface area contributed by atoms with Crippen molar-refractivity contribution in [3.8, 4) is 11.5 Å². The molecule has 1 aliphatic heterocycles. The van der Waals surface area contributed by atoms with Gasteiger partial charge in [0.05, 0.1) is 31.2 Å². The van der Waals surface area contributed by atoms with E-state index in [1.165, 1.54) is 6.33 Å². The summed E-state index contributed by atoms with van der Waals surface area (Å²) in [5.41, 5.74) is 2.51. The van der Waals surface area contributed by atoms with E-state index >= 15 is 0 Å². The number of rotatable bonds is 5. The van der Waals surface area contributed by atoms with E-state index in [1.807, 2.05) is 30.3 Å². The summed E-state index contributed by atoms with van der Waals surface area (Å²) in [6.45, 7) is 1.72. The van der Waals surface area contributed by atoms with Crippen LogP contribution in [0.1, 0.15) is 17.5 Å². The second-order valence-corrected chi connectivity index (χ2v) is 6.88. The van der Waals surface area contributed by atoms with Gasteiger partial charge in [-0.2, -0.15) is 5.10 Å². The minimum atomic E-state index is -0.136. The maximum absolute atomic E-state index is 12.5. The molecule has 7 nitrogen and oxygen atoms in total. The van der Waals surface area contributed by atoms with Crippen molar-refractivity contribution in [2.75, 3.05) is 18.5 Å². The predicted octanol–water partition coefficient (Wildman–Crippen LogP) is 3.32. The van der Waals surface area contributed by atoms with Crippen molar-refractivity contribution in [2.45, 2.75) is 19.4 Å². The molecule has 2 heterocycles. The fourth-order valence-corrected chi connectivity index (χ4v) is 3.31. The monoisotopic (exact) mass is 398 g/mol. The average Bonchev–Trinajstić information content (AvgIpc) is 3.04. The van der Waals surface area contributed by atoms with Crippen LogP contribution in [0.5, 0.6) is 11.5 Å². The molecule has 0 saturated heterocycles. The van der Waals surface area contributed by atoms with Crippen LogP contribution in [0.2, 0.25) is 5.02 Å². The van der Waals surface area contributed by atoms with Gasteiger partial charge in [0.1, 0.15) is 12.7 Å². The highest BCUT2D eigenvalue weighted by Crippen LogP contribution is 2.38. The number of nitrogens with one attached hydrogen (secondary N) is 1. The molecular formula is C20H19ClN4O3. The average molecular weight is 399 g/mol. The zero-order chi connectivity index (χ0) is 19.3. The van der Waals surface area contributed by atoms with Crippen molar-refractivity contribution in [2.24, 2.45) is 0 Å². The molecule has 0 fully saturated rings. The summed E-state index contributed by atoms with van der Waals surface area (Å²) in [6, 6.07) is 11.2. The third-order valence-electron chi connectivity index (χ3n) is 4.25.